The van der Waals surface area contributed by atoms with Crippen LogP contribution in [0.3, 0.4) is 0 Å². The van der Waals surface area contributed by atoms with Crippen LogP contribution in [0, 0.1) is 0 Å². The molecule has 0 aliphatic carbocycles. The van der Waals surface area contributed by atoms with Crippen LogP contribution in [0.15, 0.2) is 18.2 Å². The molecule has 1 unspecified atom stereocenters. The zero-order valence-corrected chi connectivity index (χ0v) is 12.6. The number of ether oxygens (including phenoxy) is 1. The molecule has 18 heavy (non-hydrogen) atoms. The molecule has 1 heterocycles. The highest BCUT2D eigenvalue weighted by Gasteiger charge is 2.37. The van der Waals surface area contributed by atoms with Crippen molar-refractivity contribution in [1.82, 2.24) is 0 Å². The van der Waals surface area contributed by atoms with E-state index in [4.69, 9.17) is 16.3 Å². The first-order valence-corrected chi connectivity index (χ1v) is 7.21. The maximum atomic E-state index is 6.41. The summed E-state index contributed by atoms with van der Waals surface area (Å²) in [5, 5.41) is 0.840. The minimum Gasteiger partial charge on any atom is -0.370 e. The average Bonchev–Trinajstić information content (AvgIpc) is 2.77. The van der Waals surface area contributed by atoms with E-state index in [1.807, 2.05) is 6.07 Å². The lowest BCUT2D eigenvalue weighted by molar-refractivity contribution is -0.00314. The van der Waals surface area contributed by atoms with Crippen LogP contribution in [0.25, 0.3) is 0 Å². The Labute approximate surface area is 115 Å². The minimum absolute atomic E-state index is 0.146. The van der Waals surface area contributed by atoms with Crippen LogP contribution in [-0.2, 0) is 15.8 Å². The van der Waals surface area contributed by atoms with Gasteiger partial charge in [0.1, 0.15) is 0 Å². The molecule has 1 atom stereocenters. The molecule has 1 aliphatic heterocycles. The smallest absolute Gasteiger partial charge is 0.0943 e. The summed E-state index contributed by atoms with van der Waals surface area (Å²) in [5.74, 6) is 0. The van der Waals surface area contributed by atoms with Crippen LogP contribution >= 0.6 is 11.6 Å². The summed E-state index contributed by atoms with van der Waals surface area (Å²) in [6.45, 7) is 9.73. The van der Waals surface area contributed by atoms with Gasteiger partial charge in [-0.2, -0.15) is 0 Å². The van der Waals surface area contributed by atoms with Crippen LogP contribution in [0.1, 0.15) is 58.1 Å². The molecule has 0 saturated carbocycles. The highest BCUT2D eigenvalue weighted by atomic mass is 35.5. The van der Waals surface area contributed by atoms with Crippen molar-refractivity contribution < 1.29 is 4.74 Å². The fourth-order valence-corrected chi connectivity index (χ4v) is 3.01. The zero-order valence-electron chi connectivity index (χ0n) is 11.8. The largest absolute Gasteiger partial charge is 0.370 e. The molecule has 0 aromatic heterocycles. The zero-order chi connectivity index (χ0) is 13.4. The predicted molar refractivity (Wildman–Crippen MR) is 77.3 cm³/mol. The molecule has 1 aromatic carbocycles. The van der Waals surface area contributed by atoms with Gasteiger partial charge in [0.25, 0.3) is 0 Å². The average molecular weight is 267 g/mol. The normalized spacial score (nSPS) is 24.5. The van der Waals surface area contributed by atoms with E-state index in [-0.39, 0.29) is 11.0 Å². The fraction of sp³-hybridized carbons (Fsp3) is 0.625. The molecule has 1 aromatic rings. The summed E-state index contributed by atoms with van der Waals surface area (Å²) >= 11 is 6.41. The number of hydrogen-bond acceptors (Lipinski definition) is 1. The SMILES string of the molecule is CCC1(c2cc(C(C)(C)C)ccc2Cl)CCCO1. The molecule has 0 radical (unpaired) electrons. The summed E-state index contributed by atoms with van der Waals surface area (Å²) < 4.78 is 6.04. The molecular formula is C16H23ClO. The Bertz CT molecular complexity index is 425. The molecule has 1 fully saturated rings. The Morgan fingerprint density at radius 2 is 2.06 bits per heavy atom. The monoisotopic (exact) mass is 266 g/mol. The molecule has 100 valence electrons. The van der Waals surface area contributed by atoms with E-state index in [2.05, 4.69) is 39.8 Å². The molecule has 2 heteroatoms. The van der Waals surface area contributed by atoms with Gasteiger partial charge in [0.15, 0.2) is 0 Å². The molecule has 0 spiro atoms. The summed E-state index contributed by atoms with van der Waals surface area (Å²) in [6.07, 6.45) is 3.20. The second-order valence-electron chi connectivity index (χ2n) is 6.24. The van der Waals surface area contributed by atoms with Crippen molar-refractivity contribution in [1.29, 1.82) is 0 Å². The minimum atomic E-state index is -0.154. The lowest BCUT2D eigenvalue weighted by atomic mass is 9.81. The van der Waals surface area contributed by atoms with Crippen molar-refractivity contribution in [3.8, 4) is 0 Å². The van der Waals surface area contributed by atoms with Crippen molar-refractivity contribution in [3.05, 3.63) is 34.3 Å². The third-order valence-corrected chi connectivity index (χ3v) is 4.33. The lowest BCUT2D eigenvalue weighted by Gasteiger charge is -2.30. The molecule has 0 N–H and O–H groups in total. The number of rotatable bonds is 2. The van der Waals surface area contributed by atoms with Gasteiger partial charge < -0.3 is 4.74 Å². The topological polar surface area (TPSA) is 9.23 Å². The van der Waals surface area contributed by atoms with Crippen molar-refractivity contribution >= 4 is 11.6 Å². The van der Waals surface area contributed by atoms with Gasteiger partial charge in [0.2, 0.25) is 0 Å². The molecule has 1 aliphatic rings. The van der Waals surface area contributed by atoms with E-state index in [0.717, 1.165) is 30.9 Å². The highest BCUT2D eigenvalue weighted by Crippen LogP contribution is 2.43. The van der Waals surface area contributed by atoms with Crippen molar-refractivity contribution in [2.45, 2.75) is 58.0 Å². The van der Waals surface area contributed by atoms with E-state index in [1.165, 1.54) is 11.1 Å². The van der Waals surface area contributed by atoms with E-state index in [9.17, 15) is 0 Å². The van der Waals surface area contributed by atoms with Gasteiger partial charge in [-0.1, -0.05) is 51.4 Å². The Balaban J connectivity index is 2.49. The van der Waals surface area contributed by atoms with Crippen LogP contribution in [0.5, 0.6) is 0 Å². The second kappa shape index (κ2) is 4.86. The summed E-state index contributed by atoms with van der Waals surface area (Å²) in [5.41, 5.74) is 2.49. The third kappa shape index (κ3) is 2.44. The van der Waals surface area contributed by atoms with Gasteiger partial charge in [-0.05, 0) is 36.3 Å². The van der Waals surface area contributed by atoms with Crippen LogP contribution < -0.4 is 0 Å². The van der Waals surface area contributed by atoms with Crippen LogP contribution in [0.4, 0.5) is 0 Å². The fourth-order valence-electron chi connectivity index (χ4n) is 2.72. The van der Waals surface area contributed by atoms with Gasteiger partial charge in [-0.3, -0.25) is 0 Å². The summed E-state index contributed by atoms with van der Waals surface area (Å²) in [7, 11) is 0. The van der Waals surface area contributed by atoms with Gasteiger partial charge in [-0.25, -0.2) is 0 Å². The van der Waals surface area contributed by atoms with Gasteiger partial charge in [-0.15, -0.1) is 0 Å². The van der Waals surface area contributed by atoms with Crippen molar-refractivity contribution in [2.75, 3.05) is 6.61 Å². The Kier molecular flexibility index (Phi) is 3.75. The lowest BCUT2D eigenvalue weighted by Crippen LogP contribution is -2.25. The number of halogens is 1. The molecule has 0 bridgehead atoms. The number of hydrogen-bond donors (Lipinski definition) is 0. The summed E-state index contributed by atoms with van der Waals surface area (Å²) in [6, 6.07) is 6.40. The van der Waals surface area contributed by atoms with E-state index < -0.39 is 0 Å². The Hall–Kier alpha value is -0.530. The van der Waals surface area contributed by atoms with Crippen molar-refractivity contribution in [3.63, 3.8) is 0 Å². The van der Waals surface area contributed by atoms with Crippen molar-refractivity contribution in [2.24, 2.45) is 0 Å². The maximum absolute atomic E-state index is 6.41. The third-order valence-electron chi connectivity index (χ3n) is 4.00. The van der Waals surface area contributed by atoms with Gasteiger partial charge in [0.05, 0.1) is 5.60 Å². The second-order valence-corrected chi connectivity index (χ2v) is 6.65. The molecule has 1 saturated heterocycles. The number of benzene rings is 1. The van der Waals surface area contributed by atoms with E-state index in [1.54, 1.807) is 0 Å². The summed E-state index contributed by atoms with van der Waals surface area (Å²) in [4.78, 5) is 0. The van der Waals surface area contributed by atoms with Crippen LogP contribution in [0.2, 0.25) is 5.02 Å². The first-order chi connectivity index (χ1) is 8.39. The van der Waals surface area contributed by atoms with Crippen LogP contribution in [-0.4, -0.2) is 6.61 Å². The Morgan fingerprint density at radius 3 is 2.56 bits per heavy atom. The molecule has 0 amide bonds. The molecular weight excluding hydrogens is 244 g/mol. The Morgan fingerprint density at radius 1 is 1.33 bits per heavy atom. The quantitative estimate of drug-likeness (QED) is 0.728. The first-order valence-electron chi connectivity index (χ1n) is 6.83. The van der Waals surface area contributed by atoms with Gasteiger partial charge in [0, 0.05) is 17.2 Å². The van der Waals surface area contributed by atoms with E-state index >= 15 is 0 Å². The predicted octanol–water partition coefficient (Wildman–Crippen LogP) is 5.05. The van der Waals surface area contributed by atoms with E-state index in [0.29, 0.717) is 0 Å². The highest BCUT2D eigenvalue weighted by molar-refractivity contribution is 6.31. The standard InChI is InChI=1S/C16H23ClO/c1-5-16(9-6-10-18-16)13-11-12(15(2,3)4)7-8-14(13)17/h7-8,11H,5-6,9-10H2,1-4H3. The molecule has 2 rings (SSSR count). The maximum Gasteiger partial charge on any atom is 0.0943 e. The molecule has 1 nitrogen and oxygen atoms in total. The van der Waals surface area contributed by atoms with Gasteiger partial charge >= 0.3 is 0 Å². The first kappa shape index (κ1) is 13.9.